The van der Waals surface area contributed by atoms with Gasteiger partial charge >= 0.3 is 0 Å². The molecule has 148 valence electrons. The second-order valence-corrected chi connectivity index (χ2v) is 9.02. The van der Waals surface area contributed by atoms with Gasteiger partial charge in [0.05, 0.1) is 23.1 Å². The minimum Gasteiger partial charge on any atom is -0.353 e. The minimum atomic E-state index is 0.903. The number of pyridine rings is 1. The van der Waals surface area contributed by atoms with E-state index in [1.807, 2.05) is 17.5 Å². The zero-order valence-corrected chi connectivity index (χ0v) is 17.4. The van der Waals surface area contributed by atoms with E-state index >= 15 is 0 Å². The molecule has 6 heteroatoms. The maximum atomic E-state index is 4.66. The molecule has 4 aromatic heterocycles. The van der Waals surface area contributed by atoms with E-state index in [-0.39, 0.29) is 0 Å². The number of benzene rings is 1. The molecule has 0 aliphatic carbocycles. The third kappa shape index (κ3) is 2.88. The zero-order chi connectivity index (χ0) is 20.1. The molecule has 0 fully saturated rings. The summed E-state index contributed by atoms with van der Waals surface area (Å²) in [7, 11) is 0. The molecule has 0 amide bonds. The Morgan fingerprint density at radius 2 is 2.00 bits per heavy atom. The van der Waals surface area contributed by atoms with E-state index in [2.05, 4.69) is 80.9 Å². The fourth-order valence-corrected chi connectivity index (χ4v) is 5.14. The average molecular weight is 412 g/mol. The molecule has 0 saturated carbocycles. The van der Waals surface area contributed by atoms with Crippen LogP contribution in [0.15, 0.2) is 54.7 Å². The van der Waals surface area contributed by atoms with E-state index in [1.54, 1.807) is 0 Å². The highest BCUT2D eigenvalue weighted by Gasteiger charge is 2.16. The molecule has 0 unspecified atom stereocenters. The van der Waals surface area contributed by atoms with Gasteiger partial charge in [-0.1, -0.05) is 18.2 Å². The largest absolute Gasteiger partial charge is 0.353 e. The van der Waals surface area contributed by atoms with Crippen LogP contribution in [0.2, 0.25) is 0 Å². The molecule has 30 heavy (non-hydrogen) atoms. The van der Waals surface area contributed by atoms with Gasteiger partial charge in [0.25, 0.3) is 0 Å². The first kappa shape index (κ1) is 17.6. The molecule has 5 aromatic rings. The van der Waals surface area contributed by atoms with Crippen LogP contribution in [-0.4, -0.2) is 33.3 Å². The van der Waals surface area contributed by atoms with Crippen LogP contribution < -0.4 is 5.32 Å². The Hall–Kier alpha value is -3.22. The highest BCUT2D eigenvalue weighted by atomic mass is 32.1. The third-order valence-corrected chi connectivity index (χ3v) is 6.80. The number of nitrogens with one attached hydrogen (secondary N) is 3. The van der Waals surface area contributed by atoms with Crippen LogP contribution in [0.25, 0.3) is 49.2 Å². The van der Waals surface area contributed by atoms with Gasteiger partial charge in [0.1, 0.15) is 5.69 Å². The molecular formula is C24H21N5S. The minimum absolute atomic E-state index is 0.903. The van der Waals surface area contributed by atoms with E-state index in [0.29, 0.717) is 0 Å². The van der Waals surface area contributed by atoms with Crippen molar-refractivity contribution < 1.29 is 0 Å². The van der Waals surface area contributed by atoms with Gasteiger partial charge in [0.15, 0.2) is 0 Å². The second kappa shape index (κ2) is 6.93. The molecule has 0 bridgehead atoms. The fraction of sp³-hybridized carbons (Fsp3) is 0.167. The van der Waals surface area contributed by atoms with Gasteiger partial charge in [-0.25, -0.2) is 0 Å². The van der Waals surface area contributed by atoms with Gasteiger partial charge in [0.2, 0.25) is 0 Å². The smallest absolute Gasteiger partial charge is 0.116 e. The quantitative estimate of drug-likeness (QED) is 0.366. The molecule has 1 aliphatic rings. The number of H-pyrrole nitrogens is 2. The Labute approximate surface area is 177 Å². The molecular weight excluding hydrogens is 390 g/mol. The lowest BCUT2D eigenvalue weighted by Gasteiger charge is -2.13. The first-order chi connectivity index (χ1) is 14.8. The molecule has 1 aromatic carbocycles. The molecule has 0 radical (unpaired) electrons. The number of rotatable bonds is 3. The number of aromatic nitrogens is 4. The van der Waals surface area contributed by atoms with E-state index in [9.17, 15) is 0 Å². The summed E-state index contributed by atoms with van der Waals surface area (Å²) < 4.78 is 0. The number of hydrogen-bond acceptors (Lipinski definition) is 4. The highest BCUT2D eigenvalue weighted by molar-refractivity contribution is 7.15. The summed E-state index contributed by atoms with van der Waals surface area (Å²) in [6, 6.07) is 15.2. The predicted octanol–water partition coefficient (Wildman–Crippen LogP) is 5.52. The lowest BCUT2D eigenvalue weighted by Crippen LogP contribution is -2.20. The number of thiophene rings is 1. The number of hydrogen-bond donors (Lipinski definition) is 3. The number of aryl methyl sites for hydroxylation is 1. The lowest BCUT2D eigenvalue weighted by molar-refractivity contribution is 0.737. The van der Waals surface area contributed by atoms with Crippen molar-refractivity contribution in [3.8, 4) is 21.8 Å². The van der Waals surface area contributed by atoms with Crippen LogP contribution >= 0.6 is 11.3 Å². The maximum Gasteiger partial charge on any atom is 0.116 e. The topological polar surface area (TPSA) is 69.4 Å². The van der Waals surface area contributed by atoms with Crippen molar-refractivity contribution in [1.82, 2.24) is 25.5 Å². The summed E-state index contributed by atoms with van der Waals surface area (Å²) in [5.41, 5.74) is 7.64. The van der Waals surface area contributed by atoms with Crippen LogP contribution in [-0.2, 0) is 0 Å². The van der Waals surface area contributed by atoms with E-state index < -0.39 is 0 Å². The Morgan fingerprint density at radius 1 is 1.03 bits per heavy atom. The lowest BCUT2D eigenvalue weighted by atomic mass is 10.0. The van der Waals surface area contributed by atoms with Gasteiger partial charge in [-0.05, 0) is 55.8 Å². The Balaban J connectivity index is 1.49. The first-order valence-electron chi connectivity index (χ1n) is 10.2. The number of aromatic amines is 2. The normalized spacial score (nSPS) is 14.5. The summed E-state index contributed by atoms with van der Waals surface area (Å²) in [4.78, 5) is 10.9. The highest BCUT2D eigenvalue weighted by Crippen LogP contribution is 2.37. The zero-order valence-electron chi connectivity index (χ0n) is 16.6. The summed E-state index contributed by atoms with van der Waals surface area (Å²) in [6.07, 6.45) is 5.13. The molecule has 6 rings (SSSR count). The number of nitrogens with zero attached hydrogens (tertiary/aromatic N) is 2. The second-order valence-electron chi connectivity index (χ2n) is 7.73. The summed E-state index contributed by atoms with van der Waals surface area (Å²) in [5.74, 6) is 0. The van der Waals surface area contributed by atoms with E-state index in [4.69, 9.17) is 0 Å². The summed E-state index contributed by atoms with van der Waals surface area (Å²) in [5, 5.41) is 13.5. The molecule has 1 aliphatic heterocycles. The van der Waals surface area contributed by atoms with Gasteiger partial charge < -0.3 is 10.3 Å². The van der Waals surface area contributed by atoms with Gasteiger partial charge in [-0.2, -0.15) is 5.10 Å². The van der Waals surface area contributed by atoms with Crippen molar-refractivity contribution >= 4 is 38.7 Å². The molecule has 5 nitrogen and oxygen atoms in total. The Bertz CT molecular complexity index is 1420. The van der Waals surface area contributed by atoms with Crippen LogP contribution in [0.1, 0.15) is 17.0 Å². The average Bonchev–Trinajstić information content (AvgIpc) is 3.51. The molecule has 0 atom stereocenters. The van der Waals surface area contributed by atoms with E-state index in [1.165, 1.54) is 26.3 Å². The fourth-order valence-electron chi connectivity index (χ4n) is 4.23. The molecule has 0 saturated heterocycles. The van der Waals surface area contributed by atoms with Crippen LogP contribution in [0, 0.1) is 6.92 Å². The van der Waals surface area contributed by atoms with Crippen molar-refractivity contribution in [1.29, 1.82) is 0 Å². The van der Waals surface area contributed by atoms with Gasteiger partial charge in [-0.3, -0.25) is 10.1 Å². The van der Waals surface area contributed by atoms with Crippen LogP contribution in [0.3, 0.4) is 0 Å². The van der Waals surface area contributed by atoms with Gasteiger partial charge in [-0.15, -0.1) is 11.3 Å². The predicted molar refractivity (Wildman–Crippen MR) is 125 cm³/mol. The molecule has 0 spiro atoms. The van der Waals surface area contributed by atoms with Crippen LogP contribution in [0.4, 0.5) is 0 Å². The van der Waals surface area contributed by atoms with Crippen molar-refractivity contribution in [3.63, 3.8) is 0 Å². The first-order valence-corrected chi connectivity index (χ1v) is 11.0. The van der Waals surface area contributed by atoms with Gasteiger partial charge in [0, 0.05) is 38.2 Å². The standard InChI is InChI=1S/C24H21N5S/c1-14-5-6-23(30-14)16-3-2-4-19-17(16)11-21(27-19)24-18-12-20(15-7-9-25-10-8-15)26-13-22(18)28-29-24/h2-7,11-13,25,27H,8-10H2,1H3,(H,28,29). The van der Waals surface area contributed by atoms with Crippen molar-refractivity contribution in [2.75, 3.05) is 13.1 Å². The molecule has 5 heterocycles. The SMILES string of the molecule is Cc1ccc(-c2cccc3[nH]c(-c4n[nH]c5cnc(C6=CCNCC6)cc45)cc23)s1. The summed E-state index contributed by atoms with van der Waals surface area (Å²) >= 11 is 1.83. The molecule has 3 N–H and O–H groups in total. The number of fused-ring (bicyclic) bond motifs is 2. The summed E-state index contributed by atoms with van der Waals surface area (Å²) in [6.45, 7) is 4.05. The maximum absolute atomic E-state index is 4.66. The van der Waals surface area contributed by atoms with Crippen molar-refractivity contribution in [2.24, 2.45) is 0 Å². The van der Waals surface area contributed by atoms with Crippen molar-refractivity contribution in [2.45, 2.75) is 13.3 Å². The van der Waals surface area contributed by atoms with Crippen molar-refractivity contribution in [3.05, 3.63) is 65.3 Å². The third-order valence-electron chi connectivity index (χ3n) is 5.77. The Kier molecular flexibility index (Phi) is 4.07. The van der Waals surface area contributed by atoms with E-state index in [0.717, 1.165) is 53.0 Å². The Morgan fingerprint density at radius 3 is 2.83 bits per heavy atom. The van der Waals surface area contributed by atoms with Crippen LogP contribution in [0.5, 0.6) is 0 Å². The monoisotopic (exact) mass is 411 g/mol.